The lowest BCUT2D eigenvalue weighted by molar-refractivity contribution is -0.119. The molecular formula is C15H20Cl2N2OS. The van der Waals surface area contributed by atoms with E-state index < -0.39 is 0 Å². The Bertz CT molecular complexity index is 495. The molecule has 0 aliphatic heterocycles. The number of hydrogen-bond donors (Lipinski definition) is 2. The normalized spacial score (nSPS) is 10.2. The fourth-order valence-electron chi connectivity index (χ4n) is 1.82. The summed E-state index contributed by atoms with van der Waals surface area (Å²) in [6.45, 7) is 2.17. The zero-order valence-corrected chi connectivity index (χ0v) is 14.4. The van der Waals surface area contributed by atoms with E-state index in [1.807, 2.05) is 0 Å². The van der Waals surface area contributed by atoms with E-state index in [2.05, 4.69) is 17.6 Å². The van der Waals surface area contributed by atoms with E-state index in [1.54, 1.807) is 18.2 Å². The third-order valence-corrected chi connectivity index (χ3v) is 3.69. The summed E-state index contributed by atoms with van der Waals surface area (Å²) in [5, 5.41) is 6.79. The Balaban J connectivity index is 2.31. The number of carbonyl (C=O) groups excluding carboxylic acids is 1. The molecule has 21 heavy (non-hydrogen) atoms. The number of hydrogen-bond acceptors (Lipinski definition) is 2. The Hall–Kier alpha value is -0.840. The van der Waals surface area contributed by atoms with Gasteiger partial charge in [0.25, 0.3) is 0 Å². The van der Waals surface area contributed by atoms with Crippen LogP contribution in [0.5, 0.6) is 0 Å². The van der Waals surface area contributed by atoms with Crippen LogP contribution >= 0.6 is 35.4 Å². The standard InChI is InChI=1S/C15H20Cl2N2OS/c1-2-3-4-5-6-7-14(20)19-15(21)18-13-9-8-11(16)10-12(13)17/h8-10H,2-7H2,1H3,(H2,18,19,20,21). The molecule has 0 spiro atoms. The van der Waals surface area contributed by atoms with E-state index in [1.165, 1.54) is 19.3 Å². The Morgan fingerprint density at radius 3 is 2.57 bits per heavy atom. The second kappa shape index (κ2) is 9.98. The lowest BCUT2D eigenvalue weighted by Crippen LogP contribution is -2.34. The largest absolute Gasteiger partial charge is 0.331 e. The van der Waals surface area contributed by atoms with Crippen LogP contribution in [0.4, 0.5) is 5.69 Å². The van der Waals surface area contributed by atoms with Crippen molar-refractivity contribution in [1.29, 1.82) is 0 Å². The Labute approximate surface area is 141 Å². The van der Waals surface area contributed by atoms with Gasteiger partial charge in [-0.3, -0.25) is 4.79 Å². The van der Waals surface area contributed by atoms with Crippen LogP contribution in [0.3, 0.4) is 0 Å². The quantitative estimate of drug-likeness (QED) is 0.528. The van der Waals surface area contributed by atoms with Crippen LogP contribution in [0.1, 0.15) is 45.4 Å². The van der Waals surface area contributed by atoms with Gasteiger partial charge in [-0.15, -0.1) is 0 Å². The van der Waals surface area contributed by atoms with Crippen LogP contribution in [0, 0.1) is 0 Å². The van der Waals surface area contributed by atoms with Crippen LogP contribution in [-0.4, -0.2) is 11.0 Å². The highest BCUT2D eigenvalue weighted by Crippen LogP contribution is 2.25. The third kappa shape index (κ3) is 7.65. The van der Waals surface area contributed by atoms with Crippen molar-refractivity contribution in [3.8, 4) is 0 Å². The van der Waals surface area contributed by atoms with Crippen molar-refractivity contribution >= 4 is 52.1 Å². The SMILES string of the molecule is CCCCCCCC(=O)NC(=S)Nc1ccc(Cl)cc1Cl. The summed E-state index contributed by atoms with van der Waals surface area (Å²) in [6, 6.07) is 5.03. The minimum absolute atomic E-state index is 0.0749. The molecular weight excluding hydrogens is 327 g/mol. The first-order valence-electron chi connectivity index (χ1n) is 7.08. The van der Waals surface area contributed by atoms with Crippen LogP contribution < -0.4 is 10.6 Å². The maximum atomic E-state index is 11.7. The van der Waals surface area contributed by atoms with Gasteiger partial charge in [-0.05, 0) is 36.8 Å². The number of anilines is 1. The number of rotatable bonds is 7. The highest BCUT2D eigenvalue weighted by Gasteiger charge is 2.07. The van der Waals surface area contributed by atoms with Crippen molar-refractivity contribution < 1.29 is 4.79 Å². The topological polar surface area (TPSA) is 41.1 Å². The maximum absolute atomic E-state index is 11.7. The zero-order valence-electron chi connectivity index (χ0n) is 12.0. The lowest BCUT2D eigenvalue weighted by Gasteiger charge is -2.11. The van der Waals surface area contributed by atoms with Crippen LogP contribution in [0.15, 0.2) is 18.2 Å². The van der Waals surface area contributed by atoms with E-state index in [9.17, 15) is 4.79 Å². The molecule has 116 valence electrons. The first kappa shape index (κ1) is 18.2. The van der Waals surface area contributed by atoms with E-state index >= 15 is 0 Å². The molecule has 0 unspecified atom stereocenters. The van der Waals surface area contributed by atoms with Crippen molar-refractivity contribution in [3.05, 3.63) is 28.2 Å². The molecule has 6 heteroatoms. The smallest absolute Gasteiger partial charge is 0.226 e. The van der Waals surface area contributed by atoms with E-state index in [0.29, 0.717) is 22.2 Å². The summed E-state index contributed by atoms with van der Waals surface area (Å²) in [5.74, 6) is -0.0749. The summed E-state index contributed by atoms with van der Waals surface area (Å²) in [6.07, 6.45) is 6.03. The molecule has 1 rings (SSSR count). The molecule has 1 aromatic rings. The zero-order chi connectivity index (χ0) is 15.7. The van der Waals surface area contributed by atoms with Gasteiger partial charge in [0.2, 0.25) is 5.91 Å². The molecule has 0 atom stereocenters. The van der Waals surface area contributed by atoms with Gasteiger partial charge in [0, 0.05) is 11.4 Å². The molecule has 0 saturated carbocycles. The monoisotopic (exact) mass is 346 g/mol. The fourth-order valence-corrected chi connectivity index (χ4v) is 2.50. The van der Waals surface area contributed by atoms with Gasteiger partial charge >= 0.3 is 0 Å². The van der Waals surface area contributed by atoms with Crippen LogP contribution in [0.2, 0.25) is 10.0 Å². The number of benzene rings is 1. The summed E-state index contributed by atoms with van der Waals surface area (Å²) in [4.78, 5) is 11.7. The fraction of sp³-hybridized carbons (Fsp3) is 0.467. The molecule has 0 saturated heterocycles. The predicted molar refractivity (Wildman–Crippen MR) is 94.2 cm³/mol. The van der Waals surface area contributed by atoms with Gasteiger partial charge in [-0.2, -0.15) is 0 Å². The Kier molecular flexibility index (Phi) is 8.66. The van der Waals surface area contributed by atoms with Gasteiger partial charge in [0.15, 0.2) is 5.11 Å². The van der Waals surface area contributed by atoms with Gasteiger partial charge in [-0.1, -0.05) is 55.8 Å². The number of halogens is 2. The highest BCUT2D eigenvalue weighted by molar-refractivity contribution is 7.80. The summed E-state index contributed by atoms with van der Waals surface area (Å²) in [7, 11) is 0. The molecule has 0 aliphatic carbocycles. The van der Waals surface area contributed by atoms with Crippen molar-refractivity contribution in [2.75, 3.05) is 5.32 Å². The van der Waals surface area contributed by atoms with Crippen LogP contribution in [-0.2, 0) is 4.79 Å². The van der Waals surface area contributed by atoms with Crippen molar-refractivity contribution in [3.63, 3.8) is 0 Å². The summed E-state index contributed by atoms with van der Waals surface area (Å²) >= 11 is 16.9. The second-order valence-corrected chi connectivity index (χ2v) is 6.04. The van der Waals surface area contributed by atoms with E-state index in [-0.39, 0.29) is 11.0 Å². The summed E-state index contributed by atoms with van der Waals surface area (Å²) < 4.78 is 0. The Morgan fingerprint density at radius 2 is 1.90 bits per heavy atom. The molecule has 1 aromatic carbocycles. The van der Waals surface area contributed by atoms with Gasteiger partial charge in [-0.25, -0.2) is 0 Å². The number of thiocarbonyl (C=S) groups is 1. The van der Waals surface area contributed by atoms with Crippen molar-refractivity contribution in [2.24, 2.45) is 0 Å². The second-order valence-electron chi connectivity index (χ2n) is 4.79. The van der Waals surface area contributed by atoms with Crippen LogP contribution in [0.25, 0.3) is 0 Å². The summed E-state index contributed by atoms with van der Waals surface area (Å²) in [5.41, 5.74) is 0.620. The first-order chi connectivity index (χ1) is 10.0. The average molecular weight is 347 g/mol. The van der Waals surface area contributed by atoms with E-state index in [4.69, 9.17) is 35.4 Å². The lowest BCUT2D eigenvalue weighted by atomic mass is 10.1. The first-order valence-corrected chi connectivity index (χ1v) is 8.25. The molecule has 0 fully saturated rings. The molecule has 2 N–H and O–H groups in total. The number of carbonyl (C=O) groups is 1. The highest BCUT2D eigenvalue weighted by atomic mass is 35.5. The van der Waals surface area contributed by atoms with Gasteiger partial charge < -0.3 is 10.6 Å². The number of unbranched alkanes of at least 4 members (excludes halogenated alkanes) is 4. The third-order valence-electron chi connectivity index (χ3n) is 2.94. The molecule has 0 aromatic heterocycles. The molecule has 0 bridgehead atoms. The Morgan fingerprint density at radius 1 is 1.19 bits per heavy atom. The van der Waals surface area contributed by atoms with Crippen molar-refractivity contribution in [2.45, 2.75) is 45.4 Å². The molecule has 0 heterocycles. The molecule has 0 aliphatic rings. The van der Waals surface area contributed by atoms with Gasteiger partial charge in [0.05, 0.1) is 10.7 Å². The predicted octanol–water partition coefficient (Wildman–Crippen LogP) is 5.17. The minimum atomic E-state index is -0.0749. The minimum Gasteiger partial charge on any atom is -0.331 e. The van der Waals surface area contributed by atoms with E-state index in [0.717, 1.165) is 12.8 Å². The van der Waals surface area contributed by atoms with Gasteiger partial charge in [0.1, 0.15) is 0 Å². The maximum Gasteiger partial charge on any atom is 0.226 e. The molecule has 0 radical (unpaired) electrons. The number of nitrogens with one attached hydrogen (secondary N) is 2. The van der Waals surface area contributed by atoms with Crippen molar-refractivity contribution in [1.82, 2.24) is 5.32 Å². The average Bonchev–Trinajstić information content (AvgIpc) is 2.41. The molecule has 1 amide bonds. The number of amides is 1. The molecule has 3 nitrogen and oxygen atoms in total.